The van der Waals surface area contributed by atoms with Crippen molar-refractivity contribution in [2.75, 3.05) is 6.61 Å². The van der Waals surface area contributed by atoms with E-state index in [0.717, 1.165) is 0 Å². The van der Waals surface area contributed by atoms with Crippen molar-refractivity contribution < 1.29 is 15.0 Å². The molecule has 0 aromatic carbocycles. The number of aliphatic hydroxyl groups is 1. The van der Waals surface area contributed by atoms with Crippen LogP contribution in [0.3, 0.4) is 0 Å². The van der Waals surface area contributed by atoms with Crippen molar-refractivity contribution in [3.63, 3.8) is 0 Å². The first-order valence-corrected chi connectivity index (χ1v) is 3.40. The number of carboxylic acid groups (broad SMARTS) is 1. The summed E-state index contributed by atoms with van der Waals surface area (Å²) >= 11 is 0. The fourth-order valence-electron chi connectivity index (χ4n) is 0.835. The molecule has 4 heteroatoms. The van der Waals surface area contributed by atoms with E-state index in [0.29, 0.717) is 6.42 Å². The van der Waals surface area contributed by atoms with Gasteiger partial charge in [0.2, 0.25) is 0 Å². The molecule has 0 amide bonds. The van der Waals surface area contributed by atoms with Crippen LogP contribution in [0.5, 0.6) is 0 Å². The standard InChI is InChI=1S/C7H11NO3/c8-3-1-6(2-4-9)5-7(10)11/h6,9H,1-2,4-5H2,(H,10,11)/t6-/m0/s1. The van der Waals surface area contributed by atoms with Gasteiger partial charge in [-0.1, -0.05) is 0 Å². The summed E-state index contributed by atoms with van der Waals surface area (Å²) in [6, 6.07) is 1.88. The zero-order valence-corrected chi connectivity index (χ0v) is 6.16. The topological polar surface area (TPSA) is 81.3 Å². The van der Waals surface area contributed by atoms with Crippen molar-refractivity contribution in [3.8, 4) is 6.07 Å². The van der Waals surface area contributed by atoms with Crippen LogP contribution >= 0.6 is 0 Å². The summed E-state index contributed by atoms with van der Waals surface area (Å²) in [4.78, 5) is 10.2. The van der Waals surface area contributed by atoms with Gasteiger partial charge in [-0.3, -0.25) is 4.79 Å². The highest BCUT2D eigenvalue weighted by Crippen LogP contribution is 2.11. The number of rotatable bonds is 5. The molecule has 4 nitrogen and oxygen atoms in total. The van der Waals surface area contributed by atoms with Gasteiger partial charge in [0.15, 0.2) is 0 Å². The van der Waals surface area contributed by atoms with Crippen molar-refractivity contribution in [1.29, 1.82) is 5.26 Å². The lowest BCUT2D eigenvalue weighted by atomic mass is 9.99. The van der Waals surface area contributed by atoms with E-state index < -0.39 is 5.97 Å². The summed E-state index contributed by atoms with van der Waals surface area (Å²) in [7, 11) is 0. The number of hydrogen-bond donors (Lipinski definition) is 2. The predicted molar refractivity (Wildman–Crippen MR) is 37.7 cm³/mol. The minimum Gasteiger partial charge on any atom is -0.481 e. The quantitative estimate of drug-likeness (QED) is 0.604. The van der Waals surface area contributed by atoms with Crippen molar-refractivity contribution in [2.24, 2.45) is 5.92 Å². The van der Waals surface area contributed by atoms with Crippen LogP contribution in [-0.4, -0.2) is 22.8 Å². The van der Waals surface area contributed by atoms with E-state index in [-0.39, 0.29) is 25.4 Å². The molecule has 0 aliphatic carbocycles. The van der Waals surface area contributed by atoms with E-state index in [2.05, 4.69) is 0 Å². The summed E-state index contributed by atoms with van der Waals surface area (Å²) in [5.74, 6) is -1.12. The van der Waals surface area contributed by atoms with Gasteiger partial charge in [-0.2, -0.15) is 5.26 Å². The molecular formula is C7H11NO3. The first-order valence-electron chi connectivity index (χ1n) is 3.40. The minimum atomic E-state index is -0.918. The molecule has 0 aliphatic heterocycles. The highest BCUT2D eigenvalue weighted by molar-refractivity contribution is 5.67. The summed E-state index contributed by atoms with van der Waals surface area (Å²) in [5, 5.41) is 25.1. The Balaban J connectivity index is 3.70. The van der Waals surface area contributed by atoms with Gasteiger partial charge in [-0.05, 0) is 12.3 Å². The molecule has 0 unspecified atom stereocenters. The predicted octanol–water partition coefficient (Wildman–Crippen LogP) is 0.373. The monoisotopic (exact) mass is 157 g/mol. The Morgan fingerprint density at radius 2 is 2.27 bits per heavy atom. The van der Waals surface area contributed by atoms with Crippen molar-refractivity contribution in [1.82, 2.24) is 0 Å². The van der Waals surface area contributed by atoms with Crippen molar-refractivity contribution in [2.45, 2.75) is 19.3 Å². The number of hydrogen-bond acceptors (Lipinski definition) is 3. The second kappa shape index (κ2) is 5.69. The van der Waals surface area contributed by atoms with Gasteiger partial charge in [-0.15, -0.1) is 0 Å². The fourth-order valence-corrected chi connectivity index (χ4v) is 0.835. The molecule has 62 valence electrons. The number of aliphatic carboxylic acids is 1. The van der Waals surface area contributed by atoms with E-state index in [4.69, 9.17) is 15.5 Å². The summed E-state index contributed by atoms with van der Waals surface area (Å²) in [5.41, 5.74) is 0. The maximum atomic E-state index is 10.2. The smallest absolute Gasteiger partial charge is 0.303 e. The van der Waals surface area contributed by atoms with Crippen LogP contribution < -0.4 is 0 Å². The summed E-state index contributed by atoms with van der Waals surface area (Å²) in [6.07, 6.45) is 0.556. The summed E-state index contributed by atoms with van der Waals surface area (Å²) < 4.78 is 0. The van der Waals surface area contributed by atoms with Gasteiger partial charge in [-0.25, -0.2) is 0 Å². The molecule has 0 aromatic heterocycles. The van der Waals surface area contributed by atoms with E-state index in [9.17, 15) is 4.79 Å². The Morgan fingerprint density at radius 1 is 1.64 bits per heavy atom. The molecular weight excluding hydrogens is 146 g/mol. The number of nitrogens with zero attached hydrogens (tertiary/aromatic N) is 1. The average Bonchev–Trinajstić information content (AvgIpc) is 1.87. The minimum absolute atomic E-state index is 0.0336. The van der Waals surface area contributed by atoms with Gasteiger partial charge in [0.1, 0.15) is 0 Å². The lowest BCUT2D eigenvalue weighted by Crippen LogP contribution is -2.08. The normalized spacial score (nSPS) is 12.0. The van der Waals surface area contributed by atoms with Gasteiger partial charge in [0, 0.05) is 19.4 Å². The highest BCUT2D eigenvalue weighted by Gasteiger charge is 2.11. The van der Waals surface area contributed by atoms with Crippen LogP contribution in [-0.2, 0) is 4.79 Å². The van der Waals surface area contributed by atoms with Gasteiger partial charge in [0.05, 0.1) is 6.07 Å². The first kappa shape index (κ1) is 9.92. The molecule has 0 aliphatic rings. The maximum Gasteiger partial charge on any atom is 0.303 e. The zero-order chi connectivity index (χ0) is 8.69. The summed E-state index contributed by atoms with van der Waals surface area (Å²) in [6.45, 7) is -0.0559. The third-order valence-corrected chi connectivity index (χ3v) is 1.38. The second-order valence-electron chi connectivity index (χ2n) is 2.34. The molecule has 11 heavy (non-hydrogen) atoms. The molecule has 0 saturated carbocycles. The Kier molecular flexibility index (Phi) is 5.13. The molecule has 0 saturated heterocycles. The van der Waals surface area contributed by atoms with Crippen LogP contribution in [0.1, 0.15) is 19.3 Å². The average molecular weight is 157 g/mol. The maximum absolute atomic E-state index is 10.2. The van der Waals surface area contributed by atoms with Crippen LogP contribution in [0.2, 0.25) is 0 Å². The van der Waals surface area contributed by atoms with Gasteiger partial charge < -0.3 is 10.2 Å². The third-order valence-electron chi connectivity index (χ3n) is 1.38. The van der Waals surface area contributed by atoms with Crippen LogP contribution in [0, 0.1) is 17.2 Å². The number of nitriles is 1. The van der Waals surface area contributed by atoms with Crippen LogP contribution in [0.25, 0.3) is 0 Å². The van der Waals surface area contributed by atoms with Gasteiger partial charge in [0.25, 0.3) is 0 Å². The lowest BCUT2D eigenvalue weighted by molar-refractivity contribution is -0.138. The third kappa shape index (κ3) is 5.37. The largest absolute Gasteiger partial charge is 0.481 e. The molecule has 0 heterocycles. The Bertz CT molecular complexity index is 162. The van der Waals surface area contributed by atoms with E-state index in [1.807, 2.05) is 6.07 Å². The second-order valence-corrected chi connectivity index (χ2v) is 2.34. The molecule has 2 N–H and O–H groups in total. The molecule has 0 fully saturated rings. The fraction of sp³-hybridized carbons (Fsp3) is 0.714. The Morgan fingerprint density at radius 3 is 2.64 bits per heavy atom. The van der Waals surface area contributed by atoms with Crippen molar-refractivity contribution >= 4 is 5.97 Å². The molecule has 0 aromatic rings. The number of aliphatic hydroxyl groups excluding tert-OH is 1. The van der Waals surface area contributed by atoms with E-state index in [1.165, 1.54) is 0 Å². The van der Waals surface area contributed by atoms with Gasteiger partial charge >= 0.3 is 5.97 Å². The van der Waals surface area contributed by atoms with Crippen LogP contribution in [0.4, 0.5) is 0 Å². The molecule has 0 bridgehead atoms. The van der Waals surface area contributed by atoms with Crippen molar-refractivity contribution in [3.05, 3.63) is 0 Å². The molecule has 0 radical (unpaired) electrons. The molecule has 1 atom stereocenters. The van der Waals surface area contributed by atoms with E-state index in [1.54, 1.807) is 0 Å². The number of carbonyl (C=O) groups is 1. The zero-order valence-electron chi connectivity index (χ0n) is 6.16. The molecule has 0 rings (SSSR count). The SMILES string of the molecule is N#CC[C@@H](CCO)CC(=O)O. The lowest BCUT2D eigenvalue weighted by Gasteiger charge is -2.07. The first-order chi connectivity index (χ1) is 5.20. The Hall–Kier alpha value is -1.08. The Labute approximate surface area is 65.1 Å². The number of carboxylic acids is 1. The highest BCUT2D eigenvalue weighted by atomic mass is 16.4. The van der Waals surface area contributed by atoms with Crippen LogP contribution in [0.15, 0.2) is 0 Å². The van der Waals surface area contributed by atoms with E-state index >= 15 is 0 Å². The molecule has 0 spiro atoms.